The van der Waals surface area contributed by atoms with Crippen LogP contribution >= 0.6 is 0 Å². The Morgan fingerprint density at radius 1 is 1.62 bits per heavy atom. The van der Waals surface area contributed by atoms with Gasteiger partial charge in [-0.15, -0.1) is 0 Å². The van der Waals surface area contributed by atoms with Gasteiger partial charge in [-0.25, -0.2) is 4.79 Å². The third-order valence-corrected chi connectivity index (χ3v) is 2.81. The lowest BCUT2D eigenvalue weighted by Gasteiger charge is -2.09. The van der Waals surface area contributed by atoms with Crippen molar-refractivity contribution in [2.24, 2.45) is 0 Å². The van der Waals surface area contributed by atoms with Gasteiger partial charge in [0.2, 0.25) is 0 Å². The molecular weight excluding hydrogens is 266 g/mol. The number of nitrogens with one attached hydrogen (secondary N) is 2. The molecule has 1 aromatic carbocycles. The molecule has 2 aromatic rings. The minimum atomic E-state index is -3.77. The first-order chi connectivity index (χ1) is 16.1. The fraction of sp³-hybridized carbons (Fsp3) is 0.438. The highest BCUT2D eigenvalue weighted by atomic mass is 16.6. The van der Waals surface area contributed by atoms with Crippen LogP contribution in [-0.2, 0) is 17.5 Å². The molecule has 1 aliphatic rings. The van der Waals surface area contributed by atoms with Gasteiger partial charge >= 0.3 is 6.09 Å². The monoisotopic (exact) mass is 302 g/mol. The van der Waals surface area contributed by atoms with E-state index in [4.69, 9.17) is 20.6 Å². The van der Waals surface area contributed by atoms with Crippen LogP contribution in [0.3, 0.4) is 0 Å². The summed E-state index contributed by atoms with van der Waals surface area (Å²) < 4.78 is 124. The first-order valence-corrected chi connectivity index (χ1v) is 5.98. The zero-order chi connectivity index (χ0) is 27.8. The topological polar surface area (TPSA) is 57.4 Å². The van der Waals surface area contributed by atoms with Crippen LogP contribution in [0.15, 0.2) is 24.4 Å². The second kappa shape index (κ2) is 5.77. The molecule has 1 amide bonds. The number of H-pyrrole nitrogens is 1. The maximum absolute atomic E-state index is 11.6. The van der Waals surface area contributed by atoms with Gasteiger partial charge in [-0.3, -0.25) is 0 Å². The predicted octanol–water partition coefficient (Wildman–Crippen LogP) is 1.92. The molecule has 2 heterocycles. The number of carbonyl (C=O) groups is 1. The molecule has 1 fully saturated rings. The van der Waals surface area contributed by atoms with E-state index < -0.39 is 68.6 Å². The quantitative estimate of drug-likeness (QED) is 0.887. The average molecular weight is 302 g/mol. The number of aromatic amines is 1. The molecule has 112 valence electrons. The maximum Gasteiger partial charge on any atom is 0.407 e. The minimum Gasteiger partial charge on any atom is -0.447 e. The average Bonchev–Trinajstić information content (AvgIpc) is 3.15. The molecule has 1 aromatic heterocycles. The standard InChI is InChI=1S/C16H21N3O2/c1-19(2)6-5-12-9-17-15-4-3-11(8-14(12)15)7-13-10-21-16(20)18-13/h3-4,8-9,13,17H,5-7,10H2,1-2H3,(H,18,20)/t13-/m0/s1/i1D3,2D3,5D2,6D2,7D2,9D/hD2. The Morgan fingerprint density at radius 3 is 3.29 bits per heavy atom. The lowest BCUT2D eigenvalue weighted by molar-refractivity contribution is 0.177. The minimum absolute atomic E-state index is 0.176. The van der Waals surface area contributed by atoms with Gasteiger partial charge < -0.3 is 19.9 Å². The molecule has 5 heteroatoms. The van der Waals surface area contributed by atoms with E-state index in [9.17, 15) is 4.79 Å². The van der Waals surface area contributed by atoms with Crippen molar-refractivity contribution in [2.45, 2.75) is 18.8 Å². The lowest BCUT2D eigenvalue weighted by Crippen LogP contribution is -2.28. The van der Waals surface area contributed by atoms with Crippen LogP contribution in [0.2, 0.25) is 2.82 Å². The fourth-order valence-electron chi connectivity index (χ4n) is 1.93. The number of benzene rings is 1. The highest BCUT2D eigenvalue weighted by Gasteiger charge is 2.22. The number of fused-ring (bicyclic) bond motifs is 1. The SMILES string of the molecule is [2H]c1c(C([2H])([2H])C([2H])([2H])N(C([2H])([2H])[2H])C([2H])([2H])[2H])c2cc(C([2H])([2H])[C@H]3COC(=O)N3[2H])ccc2n1[2H]. The summed E-state index contributed by atoms with van der Waals surface area (Å²) in [6.45, 7) is -11.5. The summed E-state index contributed by atoms with van der Waals surface area (Å²) in [7, 11) is 0. The number of carbonyl (C=O) groups excluding carboxylic acids is 1. The normalized spacial score (nSPS) is 32.4. The van der Waals surface area contributed by atoms with Crippen molar-refractivity contribution in [1.29, 1.82) is 0 Å². The van der Waals surface area contributed by atoms with E-state index in [0.29, 0.717) is 10.3 Å². The van der Waals surface area contributed by atoms with Gasteiger partial charge in [-0.1, -0.05) is 6.07 Å². The zero-order valence-corrected chi connectivity index (χ0v) is 10.7. The molecule has 1 atom stereocenters. The molecule has 2 N–H and O–H groups in total. The van der Waals surface area contributed by atoms with Crippen LogP contribution in [0.25, 0.3) is 10.9 Å². The maximum atomic E-state index is 11.6. The van der Waals surface area contributed by atoms with Gasteiger partial charge in [0.15, 0.2) is 2.82 Å². The molecule has 0 saturated carbocycles. The number of nitrogens with zero attached hydrogens (tertiary/aromatic N) is 1. The molecular formula is C16H21N3O2. The zero-order valence-electron chi connectivity index (χ0n) is 25.7. The van der Waals surface area contributed by atoms with Crippen molar-refractivity contribution in [3.63, 3.8) is 0 Å². The van der Waals surface area contributed by atoms with Gasteiger partial charge in [0.25, 0.3) is 0 Å². The van der Waals surface area contributed by atoms with E-state index in [1.807, 2.05) is 0 Å². The number of aromatic nitrogens is 1. The Hall–Kier alpha value is -2.01. The third-order valence-electron chi connectivity index (χ3n) is 2.81. The molecule has 0 bridgehead atoms. The highest BCUT2D eigenvalue weighted by molar-refractivity contribution is 5.84. The summed E-state index contributed by atoms with van der Waals surface area (Å²) in [5.41, 5.74) is -1.29. The van der Waals surface area contributed by atoms with Crippen LogP contribution in [-0.4, -0.2) is 49.1 Å². The summed E-state index contributed by atoms with van der Waals surface area (Å²) in [5, 5.41) is -0.0675. The Bertz CT molecular complexity index is 1170. The second-order valence-electron chi connectivity index (χ2n) is 4.27. The number of amides is 1. The summed E-state index contributed by atoms with van der Waals surface area (Å²) in [4.78, 5) is 11.4. The smallest absolute Gasteiger partial charge is 0.407 e. The number of likely N-dealkylation sites (N-methyl/N-ethyl adjacent to an activating group) is 1. The molecule has 5 nitrogen and oxygen atoms in total. The first kappa shape index (κ1) is 4.74. The molecule has 1 aliphatic heterocycles. The van der Waals surface area contributed by atoms with Crippen molar-refractivity contribution in [2.75, 3.05) is 27.1 Å². The second-order valence-corrected chi connectivity index (χ2v) is 4.27. The van der Waals surface area contributed by atoms with Crippen molar-refractivity contribution in [3.8, 4) is 0 Å². The molecule has 0 spiro atoms. The van der Waals surface area contributed by atoms with E-state index in [1.165, 1.54) is 6.07 Å². The van der Waals surface area contributed by atoms with E-state index >= 15 is 0 Å². The molecule has 21 heavy (non-hydrogen) atoms. The van der Waals surface area contributed by atoms with Crippen molar-refractivity contribution in [3.05, 3.63) is 35.5 Å². The highest BCUT2D eigenvalue weighted by Crippen LogP contribution is 2.21. The number of ether oxygens (including phenoxy) is 1. The Labute approximate surface area is 145 Å². The molecule has 0 unspecified atom stereocenters. The molecule has 0 aliphatic carbocycles. The number of hydrogen-bond acceptors (Lipinski definition) is 3. The van der Waals surface area contributed by atoms with E-state index in [0.717, 1.165) is 12.1 Å². The summed E-state index contributed by atoms with van der Waals surface area (Å²) in [5.74, 6) is 0. The molecule has 1 saturated heterocycles. The van der Waals surface area contributed by atoms with E-state index in [1.54, 1.807) is 0 Å². The number of aryl methyl sites for hydroxylation is 1. The number of alkyl carbamates (subject to hydrolysis) is 1. The Morgan fingerprint density at radius 2 is 2.52 bits per heavy atom. The third kappa shape index (κ3) is 3.19. The fourth-order valence-corrected chi connectivity index (χ4v) is 1.93. The van der Waals surface area contributed by atoms with Crippen LogP contribution in [0.1, 0.15) is 28.9 Å². The van der Waals surface area contributed by atoms with Gasteiger partial charge in [0.1, 0.15) is 6.61 Å². The van der Waals surface area contributed by atoms with Gasteiger partial charge in [0, 0.05) is 40.0 Å². The Balaban J connectivity index is 2.26. The van der Waals surface area contributed by atoms with Crippen molar-refractivity contribution >= 4 is 17.0 Å². The lowest BCUT2D eigenvalue weighted by atomic mass is 10.0. The summed E-state index contributed by atoms with van der Waals surface area (Å²) in [6.07, 6.45) is -7.98. The predicted molar refractivity (Wildman–Crippen MR) is 82.5 cm³/mol. The van der Waals surface area contributed by atoms with Crippen LogP contribution < -0.4 is 5.31 Å². The van der Waals surface area contributed by atoms with Crippen LogP contribution in [0.4, 0.5) is 4.79 Å². The molecule has 3 rings (SSSR count). The van der Waals surface area contributed by atoms with Crippen LogP contribution in [0.5, 0.6) is 0 Å². The van der Waals surface area contributed by atoms with Crippen LogP contribution in [0, 0.1) is 0 Å². The first-order valence-electron chi connectivity index (χ1n) is 13.4. The van der Waals surface area contributed by atoms with Crippen molar-refractivity contribution < 1.29 is 30.2 Å². The number of cyclic esters (lactones) is 1. The van der Waals surface area contributed by atoms with Gasteiger partial charge in [-0.05, 0) is 50.0 Å². The van der Waals surface area contributed by atoms with E-state index in [2.05, 4.69) is 4.74 Å². The summed E-state index contributed by atoms with van der Waals surface area (Å²) >= 11 is 0. The molecule has 0 radical (unpaired) electrons. The van der Waals surface area contributed by atoms with E-state index in [-0.39, 0.29) is 16.5 Å². The van der Waals surface area contributed by atoms with Crippen molar-refractivity contribution in [1.82, 2.24) is 15.2 Å². The van der Waals surface area contributed by atoms with Gasteiger partial charge in [-0.2, -0.15) is 0 Å². The largest absolute Gasteiger partial charge is 0.447 e. The summed E-state index contributed by atoms with van der Waals surface area (Å²) in [6, 6.07) is 1.89. The number of rotatable bonds is 5. The number of hydrogen-bond donors (Lipinski definition) is 2. The van der Waals surface area contributed by atoms with Gasteiger partial charge in [0.05, 0.1) is 7.41 Å². The Kier molecular flexibility index (Phi) is 1.30.